The molecule has 4 rings (SSSR count). The molecule has 148 valence electrons. The fourth-order valence-electron chi connectivity index (χ4n) is 3.63. The number of benzene rings is 3. The van der Waals surface area contributed by atoms with Crippen molar-refractivity contribution in [2.45, 2.75) is 25.2 Å². The van der Waals surface area contributed by atoms with E-state index in [1.165, 1.54) is 4.31 Å². The van der Waals surface area contributed by atoms with Crippen molar-refractivity contribution in [3.63, 3.8) is 0 Å². The predicted molar refractivity (Wildman–Crippen MR) is 115 cm³/mol. The molecule has 1 aliphatic rings. The summed E-state index contributed by atoms with van der Waals surface area (Å²) in [6.45, 7) is 4.33. The molecule has 6 heteroatoms. The number of sulfonamides is 1. The molecular weight excluding hydrogens is 384 g/mol. The first kappa shape index (κ1) is 19.2. The highest BCUT2D eigenvalue weighted by Crippen LogP contribution is 2.33. The van der Waals surface area contributed by atoms with Gasteiger partial charge in [-0.3, -0.25) is 9.10 Å². The average molecular weight is 407 g/mol. The lowest BCUT2D eigenvalue weighted by Gasteiger charge is -2.19. The van der Waals surface area contributed by atoms with E-state index in [9.17, 15) is 13.2 Å². The number of carbonyl (C=O) groups is 1. The van der Waals surface area contributed by atoms with Gasteiger partial charge in [-0.1, -0.05) is 35.9 Å². The Labute approximate surface area is 171 Å². The van der Waals surface area contributed by atoms with Gasteiger partial charge in [0.15, 0.2) is 0 Å². The van der Waals surface area contributed by atoms with Crippen LogP contribution in [0.4, 0.5) is 11.4 Å². The van der Waals surface area contributed by atoms with Crippen LogP contribution in [-0.4, -0.2) is 20.9 Å². The molecule has 29 heavy (non-hydrogen) atoms. The van der Waals surface area contributed by atoms with E-state index in [2.05, 4.69) is 5.32 Å². The highest BCUT2D eigenvalue weighted by Gasteiger charge is 2.31. The summed E-state index contributed by atoms with van der Waals surface area (Å²) < 4.78 is 27.4. The topological polar surface area (TPSA) is 66.5 Å². The van der Waals surface area contributed by atoms with Crippen LogP contribution in [0.5, 0.6) is 0 Å². The fraction of sp³-hybridized carbons (Fsp3) is 0.174. The summed E-state index contributed by atoms with van der Waals surface area (Å²) in [6.07, 6.45) is 0.575. The summed E-state index contributed by atoms with van der Waals surface area (Å²) in [6, 6.07) is 19.5. The summed E-state index contributed by atoms with van der Waals surface area (Å²) in [5.41, 5.74) is 4.92. The largest absolute Gasteiger partial charge is 0.322 e. The molecule has 3 aromatic carbocycles. The monoisotopic (exact) mass is 406 g/mol. The highest BCUT2D eigenvalue weighted by atomic mass is 32.2. The highest BCUT2D eigenvalue weighted by molar-refractivity contribution is 7.92. The van der Waals surface area contributed by atoms with Gasteiger partial charge in [0, 0.05) is 17.8 Å². The molecule has 3 aromatic rings. The minimum atomic E-state index is -3.61. The Bertz CT molecular complexity index is 1190. The molecule has 1 N–H and O–H groups in total. The molecule has 1 heterocycles. The van der Waals surface area contributed by atoms with E-state index in [0.717, 1.165) is 22.4 Å². The minimum Gasteiger partial charge on any atom is -0.322 e. The van der Waals surface area contributed by atoms with E-state index in [-0.39, 0.29) is 10.8 Å². The maximum atomic E-state index is 13.0. The van der Waals surface area contributed by atoms with Gasteiger partial charge in [0.25, 0.3) is 15.9 Å². The van der Waals surface area contributed by atoms with Crippen LogP contribution in [0.25, 0.3) is 0 Å². The first-order valence-corrected chi connectivity index (χ1v) is 10.9. The Morgan fingerprint density at radius 2 is 1.72 bits per heavy atom. The van der Waals surface area contributed by atoms with Gasteiger partial charge in [0.1, 0.15) is 0 Å². The van der Waals surface area contributed by atoms with Crippen molar-refractivity contribution in [1.82, 2.24) is 0 Å². The molecule has 0 aliphatic carbocycles. The maximum absolute atomic E-state index is 13.0. The maximum Gasteiger partial charge on any atom is 0.264 e. The van der Waals surface area contributed by atoms with E-state index in [0.29, 0.717) is 24.2 Å². The van der Waals surface area contributed by atoms with Crippen molar-refractivity contribution < 1.29 is 13.2 Å². The summed E-state index contributed by atoms with van der Waals surface area (Å²) in [5, 5.41) is 2.94. The van der Waals surface area contributed by atoms with Gasteiger partial charge in [-0.05, 0) is 67.8 Å². The quantitative estimate of drug-likeness (QED) is 0.702. The van der Waals surface area contributed by atoms with Crippen LogP contribution in [0.1, 0.15) is 27.0 Å². The van der Waals surface area contributed by atoms with Crippen LogP contribution in [0, 0.1) is 13.8 Å². The van der Waals surface area contributed by atoms with Crippen molar-refractivity contribution >= 4 is 27.3 Å². The summed E-state index contributed by atoms with van der Waals surface area (Å²) in [7, 11) is -3.61. The van der Waals surface area contributed by atoms with E-state index in [4.69, 9.17) is 0 Å². The van der Waals surface area contributed by atoms with Gasteiger partial charge < -0.3 is 5.32 Å². The molecule has 0 aromatic heterocycles. The van der Waals surface area contributed by atoms with Gasteiger partial charge >= 0.3 is 0 Å². The number of hydrogen-bond donors (Lipinski definition) is 1. The standard InChI is InChI=1S/C23H22N2O3S/c1-16-8-10-21(17(2)14-16)24-23(26)19-9-11-22-18(15-19)12-13-25(22)29(27,28)20-6-4-3-5-7-20/h3-11,14-15H,12-13H2,1-2H3,(H,24,26). The summed E-state index contributed by atoms with van der Waals surface area (Å²) in [5.74, 6) is -0.205. The number of fused-ring (bicyclic) bond motifs is 1. The zero-order valence-corrected chi connectivity index (χ0v) is 17.2. The molecule has 0 fully saturated rings. The molecule has 0 bridgehead atoms. The second-order valence-electron chi connectivity index (χ2n) is 7.26. The van der Waals surface area contributed by atoms with Crippen molar-refractivity contribution in [2.75, 3.05) is 16.2 Å². The molecule has 0 spiro atoms. The van der Waals surface area contributed by atoms with E-state index < -0.39 is 10.0 Å². The predicted octanol–water partition coefficient (Wildman–Crippen LogP) is 4.31. The van der Waals surface area contributed by atoms with Gasteiger partial charge in [-0.2, -0.15) is 0 Å². The van der Waals surface area contributed by atoms with Crippen LogP contribution in [0.15, 0.2) is 71.6 Å². The average Bonchev–Trinajstić information content (AvgIpc) is 3.15. The zero-order valence-electron chi connectivity index (χ0n) is 16.3. The number of nitrogens with one attached hydrogen (secondary N) is 1. The van der Waals surface area contributed by atoms with Gasteiger partial charge in [-0.15, -0.1) is 0 Å². The molecular formula is C23H22N2O3S. The molecule has 1 aliphatic heterocycles. The number of hydrogen-bond acceptors (Lipinski definition) is 3. The third-order valence-electron chi connectivity index (χ3n) is 5.16. The lowest BCUT2D eigenvalue weighted by atomic mass is 10.1. The van der Waals surface area contributed by atoms with Crippen LogP contribution in [-0.2, 0) is 16.4 Å². The van der Waals surface area contributed by atoms with Gasteiger partial charge in [0.2, 0.25) is 0 Å². The third-order valence-corrected chi connectivity index (χ3v) is 6.98. The van der Waals surface area contributed by atoms with Crippen molar-refractivity contribution in [1.29, 1.82) is 0 Å². The minimum absolute atomic E-state index is 0.205. The van der Waals surface area contributed by atoms with Crippen LogP contribution in [0.3, 0.4) is 0 Å². The van der Waals surface area contributed by atoms with Gasteiger partial charge in [0.05, 0.1) is 10.6 Å². The lowest BCUT2D eigenvalue weighted by Crippen LogP contribution is -2.29. The van der Waals surface area contributed by atoms with Crippen LogP contribution >= 0.6 is 0 Å². The van der Waals surface area contributed by atoms with Crippen molar-refractivity contribution in [2.24, 2.45) is 0 Å². The SMILES string of the molecule is Cc1ccc(NC(=O)c2ccc3c(c2)CCN3S(=O)(=O)c2ccccc2)c(C)c1. The first-order valence-electron chi connectivity index (χ1n) is 9.45. The molecule has 0 radical (unpaired) electrons. The fourth-order valence-corrected chi connectivity index (χ4v) is 5.15. The van der Waals surface area contributed by atoms with E-state index in [1.54, 1.807) is 48.5 Å². The smallest absolute Gasteiger partial charge is 0.264 e. The van der Waals surface area contributed by atoms with E-state index >= 15 is 0 Å². The first-order chi connectivity index (χ1) is 13.9. The molecule has 5 nitrogen and oxygen atoms in total. The molecule has 1 amide bonds. The number of nitrogens with zero attached hydrogens (tertiary/aromatic N) is 1. The molecule has 0 saturated carbocycles. The summed E-state index contributed by atoms with van der Waals surface area (Å²) in [4.78, 5) is 13.0. The normalized spacial score (nSPS) is 13.2. The lowest BCUT2D eigenvalue weighted by molar-refractivity contribution is 0.102. The number of aryl methyl sites for hydroxylation is 2. The Hall–Kier alpha value is -3.12. The number of carbonyl (C=O) groups excluding carboxylic acids is 1. The second-order valence-corrected chi connectivity index (χ2v) is 9.12. The van der Waals surface area contributed by atoms with Crippen LogP contribution < -0.4 is 9.62 Å². The zero-order chi connectivity index (χ0) is 20.6. The molecule has 0 unspecified atom stereocenters. The van der Waals surface area contributed by atoms with Crippen molar-refractivity contribution in [3.05, 3.63) is 89.0 Å². The third kappa shape index (κ3) is 3.63. The summed E-state index contributed by atoms with van der Waals surface area (Å²) >= 11 is 0. The Kier molecular flexibility index (Phi) is 4.88. The van der Waals surface area contributed by atoms with E-state index in [1.807, 2.05) is 32.0 Å². The Morgan fingerprint density at radius 1 is 0.966 bits per heavy atom. The Morgan fingerprint density at radius 3 is 2.45 bits per heavy atom. The second kappa shape index (κ2) is 7.37. The number of anilines is 2. The number of amides is 1. The molecule has 0 saturated heterocycles. The number of rotatable bonds is 4. The molecule has 0 atom stereocenters. The van der Waals surface area contributed by atoms with Crippen molar-refractivity contribution in [3.8, 4) is 0 Å². The van der Waals surface area contributed by atoms with Gasteiger partial charge in [-0.25, -0.2) is 8.42 Å². The Balaban J connectivity index is 1.59. The van der Waals surface area contributed by atoms with Crippen LogP contribution in [0.2, 0.25) is 0 Å².